The van der Waals surface area contributed by atoms with Gasteiger partial charge < -0.3 is 14.8 Å². The fraction of sp³-hybridized carbons (Fsp3) is 0.364. The summed E-state index contributed by atoms with van der Waals surface area (Å²) < 4.78 is 51.0. The second-order valence-corrected chi connectivity index (χ2v) is 8.72. The zero-order chi connectivity index (χ0) is 23.9. The average Bonchev–Trinajstić information content (AvgIpc) is 2.78. The molecule has 8 nitrogen and oxygen atoms in total. The van der Waals surface area contributed by atoms with Crippen LogP contribution >= 0.6 is 0 Å². The molecule has 0 saturated carbocycles. The molecule has 0 bridgehead atoms. The summed E-state index contributed by atoms with van der Waals surface area (Å²) >= 11 is 0. The van der Waals surface area contributed by atoms with Crippen molar-refractivity contribution in [1.29, 1.82) is 0 Å². The second kappa shape index (κ2) is 11.1. The molecule has 1 atom stereocenters. The van der Waals surface area contributed by atoms with Gasteiger partial charge >= 0.3 is 5.97 Å². The van der Waals surface area contributed by atoms with Crippen LogP contribution in [-0.2, 0) is 26.1 Å². The van der Waals surface area contributed by atoms with E-state index in [1.807, 2.05) is 0 Å². The molecular weight excluding hydrogens is 439 g/mol. The van der Waals surface area contributed by atoms with Gasteiger partial charge in [0.15, 0.2) is 6.10 Å². The van der Waals surface area contributed by atoms with Crippen LogP contribution in [-0.4, -0.2) is 50.9 Å². The Morgan fingerprint density at radius 2 is 1.78 bits per heavy atom. The second-order valence-electron chi connectivity index (χ2n) is 6.81. The number of esters is 1. The number of sulfonamides is 1. The number of halogens is 1. The molecule has 0 fully saturated rings. The van der Waals surface area contributed by atoms with E-state index < -0.39 is 38.7 Å². The number of rotatable bonds is 10. The Morgan fingerprint density at radius 3 is 2.41 bits per heavy atom. The molecule has 0 heterocycles. The number of nitrogens with one attached hydrogen (secondary N) is 1. The molecule has 0 saturated heterocycles. The zero-order valence-corrected chi connectivity index (χ0v) is 19.2. The minimum absolute atomic E-state index is 0.149. The number of carbonyl (C=O) groups is 2. The number of benzene rings is 2. The van der Waals surface area contributed by atoms with Crippen molar-refractivity contribution >= 4 is 21.9 Å². The first-order valence-corrected chi connectivity index (χ1v) is 11.5. The lowest BCUT2D eigenvalue weighted by molar-refractivity contribution is -0.129. The highest BCUT2D eigenvalue weighted by molar-refractivity contribution is 7.89. The lowest BCUT2D eigenvalue weighted by atomic mass is 10.2. The summed E-state index contributed by atoms with van der Waals surface area (Å²) in [5.74, 6) is -1.87. The largest absolute Gasteiger partial charge is 0.496 e. The summed E-state index contributed by atoms with van der Waals surface area (Å²) in [6.07, 6.45) is -1.16. The van der Waals surface area contributed by atoms with Crippen LogP contribution in [0.2, 0.25) is 0 Å². The molecule has 1 unspecified atom stereocenters. The molecule has 0 aromatic heterocycles. The molecule has 0 aliphatic carbocycles. The topological polar surface area (TPSA) is 102 Å². The molecule has 1 amide bonds. The van der Waals surface area contributed by atoms with E-state index in [0.29, 0.717) is 5.75 Å². The van der Waals surface area contributed by atoms with Crippen LogP contribution in [0.3, 0.4) is 0 Å². The van der Waals surface area contributed by atoms with E-state index in [1.165, 1.54) is 14.0 Å². The Labute approximate surface area is 187 Å². The van der Waals surface area contributed by atoms with Gasteiger partial charge in [-0.15, -0.1) is 0 Å². The van der Waals surface area contributed by atoms with Gasteiger partial charge in [0.25, 0.3) is 5.91 Å². The van der Waals surface area contributed by atoms with Gasteiger partial charge in [0, 0.05) is 25.2 Å². The normalized spacial score (nSPS) is 12.3. The predicted molar refractivity (Wildman–Crippen MR) is 116 cm³/mol. The molecule has 0 spiro atoms. The Balaban J connectivity index is 2.11. The minimum Gasteiger partial charge on any atom is -0.496 e. The summed E-state index contributed by atoms with van der Waals surface area (Å²) in [6, 6.07) is 10.1. The third-order valence-corrected chi connectivity index (χ3v) is 6.85. The van der Waals surface area contributed by atoms with E-state index in [1.54, 1.807) is 38.1 Å². The van der Waals surface area contributed by atoms with Crippen LogP contribution in [0.15, 0.2) is 47.4 Å². The van der Waals surface area contributed by atoms with Gasteiger partial charge in [-0.2, -0.15) is 4.31 Å². The number of ether oxygens (including phenoxy) is 2. The van der Waals surface area contributed by atoms with E-state index in [0.717, 1.165) is 28.1 Å². The Hall–Kier alpha value is -2.98. The van der Waals surface area contributed by atoms with Gasteiger partial charge in [0.1, 0.15) is 16.5 Å². The maximum atomic E-state index is 14.2. The average molecular weight is 467 g/mol. The Kier molecular flexibility index (Phi) is 8.73. The van der Waals surface area contributed by atoms with E-state index >= 15 is 0 Å². The fourth-order valence-electron chi connectivity index (χ4n) is 2.99. The molecule has 2 aromatic carbocycles. The Morgan fingerprint density at radius 1 is 1.12 bits per heavy atom. The number of carbonyl (C=O) groups excluding carboxylic acids is 2. The van der Waals surface area contributed by atoms with Crippen molar-refractivity contribution in [1.82, 2.24) is 9.62 Å². The maximum absolute atomic E-state index is 14.2. The van der Waals surface area contributed by atoms with Gasteiger partial charge in [-0.3, -0.25) is 4.79 Å². The monoisotopic (exact) mass is 466 g/mol. The Bertz CT molecular complexity index is 1070. The first kappa shape index (κ1) is 25.3. The van der Waals surface area contributed by atoms with Crippen molar-refractivity contribution in [2.75, 3.05) is 20.2 Å². The SMILES string of the molecule is CCN(CC)S(=O)(=O)c1cc(C(=O)OC(C)C(=O)NCc2ccccc2OC)ccc1F. The number of methoxy groups -OCH3 is 1. The number of hydrogen-bond acceptors (Lipinski definition) is 6. The van der Waals surface area contributed by atoms with Crippen molar-refractivity contribution in [3.63, 3.8) is 0 Å². The molecule has 0 aliphatic heterocycles. The van der Waals surface area contributed by atoms with Crippen LogP contribution in [0, 0.1) is 5.82 Å². The van der Waals surface area contributed by atoms with Crippen LogP contribution in [0.25, 0.3) is 0 Å². The summed E-state index contributed by atoms with van der Waals surface area (Å²) in [6.45, 7) is 5.09. The number of amides is 1. The molecule has 174 valence electrons. The highest BCUT2D eigenvalue weighted by Gasteiger charge is 2.27. The first-order chi connectivity index (χ1) is 15.1. The lowest BCUT2D eigenvalue weighted by Crippen LogP contribution is -2.35. The third-order valence-electron chi connectivity index (χ3n) is 4.79. The first-order valence-electron chi connectivity index (χ1n) is 10.1. The summed E-state index contributed by atoms with van der Waals surface area (Å²) in [7, 11) is -2.60. The van der Waals surface area contributed by atoms with Crippen molar-refractivity contribution in [3.05, 3.63) is 59.4 Å². The van der Waals surface area contributed by atoms with Gasteiger partial charge in [-0.1, -0.05) is 32.0 Å². The van der Waals surface area contributed by atoms with Crippen molar-refractivity contribution in [2.45, 2.75) is 38.3 Å². The van der Waals surface area contributed by atoms with Gasteiger partial charge in [0.05, 0.1) is 12.7 Å². The summed E-state index contributed by atoms with van der Waals surface area (Å²) in [4.78, 5) is 24.2. The quantitative estimate of drug-likeness (QED) is 0.540. The lowest BCUT2D eigenvalue weighted by Gasteiger charge is -2.19. The maximum Gasteiger partial charge on any atom is 0.338 e. The van der Waals surface area contributed by atoms with Crippen molar-refractivity contribution < 1.29 is 31.9 Å². The smallest absolute Gasteiger partial charge is 0.338 e. The molecule has 10 heteroatoms. The van der Waals surface area contributed by atoms with Crippen LogP contribution in [0.4, 0.5) is 4.39 Å². The fourth-order valence-corrected chi connectivity index (χ4v) is 4.54. The standard InChI is InChI=1S/C22H27FN2O6S/c1-5-25(6-2)32(28,29)20-13-16(11-12-18(20)23)22(27)31-15(3)21(26)24-14-17-9-7-8-10-19(17)30-4/h7-13,15H,5-6,14H2,1-4H3,(H,24,26). The molecular formula is C22H27FN2O6S. The molecule has 0 radical (unpaired) electrons. The highest BCUT2D eigenvalue weighted by Crippen LogP contribution is 2.22. The van der Waals surface area contributed by atoms with E-state index in [9.17, 15) is 22.4 Å². The van der Waals surface area contributed by atoms with E-state index in [2.05, 4.69) is 5.32 Å². The highest BCUT2D eigenvalue weighted by atomic mass is 32.2. The number of hydrogen-bond donors (Lipinski definition) is 1. The van der Waals surface area contributed by atoms with Crippen LogP contribution < -0.4 is 10.1 Å². The van der Waals surface area contributed by atoms with Gasteiger partial charge in [0.2, 0.25) is 10.0 Å². The number of nitrogens with zero attached hydrogens (tertiary/aromatic N) is 1. The predicted octanol–water partition coefficient (Wildman–Crippen LogP) is 2.73. The van der Waals surface area contributed by atoms with Crippen LogP contribution in [0.1, 0.15) is 36.7 Å². The van der Waals surface area contributed by atoms with E-state index in [-0.39, 0.29) is 25.2 Å². The third kappa shape index (κ3) is 5.83. The molecule has 1 N–H and O–H groups in total. The zero-order valence-electron chi connectivity index (χ0n) is 18.4. The molecule has 2 rings (SSSR count). The van der Waals surface area contributed by atoms with E-state index in [4.69, 9.17) is 9.47 Å². The van der Waals surface area contributed by atoms with Crippen molar-refractivity contribution in [3.8, 4) is 5.75 Å². The number of para-hydroxylation sites is 1. The minimum atomic E-state index is -4.12. The van der Waals surface area contributed by atoms with Gasteiger partial charge in [-0.25, -0.2) is 17.6 Å². The van der Waals surface area contributed by atoms with Gasteiger partial charge in [-0.05, 0) is 31.2 Å². The molecule has 0 aliphatic rings. The molecule has 32 heavy (non-hydrogen) atoms. The van der Waals surface area contributed by atoms with Crippen molar-refractivity contribution in [2.24, 2.45) is 0 Å². The summed E-state index contributed by atoms with van der Waals surface area (Å²) in [5.41, 5.74) is 0.563. The van der Waals surface area contributed by atoms with Crippen LogP contribution in [0.5, 0.6) is 5.75 Å². The molecule has 2 aromatic rings. The summed E-state index contributed by atoms with van der Waals surface area (Å²) in [5, 5.41) is 2.65.